The van der Waals surface area contributed by atoms with E-state index in [2.05, 4.69) is 4.72 Å². The van der Waals surface area contributed by atoms with Crippen molar-refractivity contribution in [3.63, 3.8) is 0 Å². The molecule has 0 aliphatic heterocycles. The van der Waals surface area contributed by atoms with Gasteiger partial charge in [-0.2, -0.15) is 0 Å². The highest BCUT2D eigenvalue weighted by Crippen LogP contribution is 2.29. The standard InChI is InChI=1S/C10H17ClN2O2S2/c1-6(2)8(12)5-13-17(14,15)9-4-7(3)10(11)16-9/h4,6,8,13H,5,12H2,1-3H3. The highest BCUT2D eigenvalue weighted by Gasteiger charge is 2.19. The van der Waals surface area contributed by atoms with Crippen molar-refractivity contribution < 1.29 is 8.42 Å². The van der Waals surface area contributed by atoms with Gasteiger partial charge >= 0.3 is 0 Å². The number of aryl methyl sites for hydroxylation is 1. The third-order valence-corrected chi connectivity index (χ3v) is 5.92. The minimum absolute atomic E-state index is 0.193. The molecule has 4 nitrogen and oxygen atoms in total. The summed E-state index contributed by atoms with van der Waals surface area (Å²) >= 11 is 6.91. The summed E-state index contributed by atoms with van der Waals surface area (Å²) in [5, 5.41) is 0. The predicted molar refractivity (Wildman–Crippen MR) is 72.1 cm³/mol. The first-order chi connectivity index (χ1) is 7.74. The number of rotatable bonds is 5. The van der Waals surface area contributed by atoms with Crippen LogP contribution in [0.3, 0.4) is 0 Å². The van der Waals surface area contributed by atoms with Crippen molar-refractivity contribution in [2.24, 2.45) is 11.7 Å². The molecule has 0 fully saturated rings. The molecule has 0 aliphatic carbocycles. The Morgan fingerprint density at radius 1 is 1.53 bits per heavy atom. The summed E-state index contributed by atoms with van der Waals surface area (Å²) < 4.78 is 27.0. The first-order valence-electron chi connectivity index (χ1n) is 5.25. The van der Waals surface area contributed by atoms with E-state index < -0.39 is 10.0 Å². The van der Waals surface area contributed by atoms with Crippen molar-refractivity contribution in [3.05, 3.63) is 16.0 Å². The number of halogens is 1. The zero-order chi connectivity index (χ0) is 13.2. The van der Waals surface area contributed by atoms with E-state index in [1.165, 1.54) is 0 Å². The Bertz CT molecular complexity index is 463. The van der Waals surface area contributed by atoms with Crippen LogP contribution in [-0.4, -0.2) is 21.0 Å². The Kier molecular flexibility index (Phi) is 4.97. The van der Waals surface area contributed by atoms with Crippen molar-refractivity contribution in [3.8, 4) is 0 Å². The molecule has 98 valence electrons. The van der Waals surface area contributed by atoms with Gasteiger partial charge in [-0.15, -0.1) is 11.3 Å². The Morgan fingerprint density at radius 3 is 2.53 bits per heavy atom. The van der Waals surface area contributed by atoms with Crippen LogP contribution in [0.25, 0.3) is 0 Å². The van der Waals surface area contributed by atoms with E-state index in [4.69, 9.17) is 17.3 Å². The monoisotopic (exact) mass is 296 g/mol. The molecule has 1 unspecified atom stereocenters. The summed E-state index contributed by atoms with van der Waals surface area (Å²) in [6.07, 6.45) is 0. The van der Waals surface area contributed by atoms with Crippen LogP contribution in [0.1, 0.15) is 19.4 Å². The molecule has 0 saturated heterocycles. The number of hydrogen-bond donors (Lipinski definition) is 2. The fraction of sp³-hybridized carbons (Fsp3) is 0.600. The van der Waals surface area contributed by atoms with Gasteiger partial charge in [-0.1, -0.05) is 25.4 Å². The van der Waals surface area contributed by atoms with Crippen molar-refractivity contribution in [2.75, 3.05) is 6.54 Å². The van der Waals surface area contributed by atoms with Gasteiger partial charge in [0.1, 0.15) is 4.21 Å². The molecule has 0 spiro atoms. The van der Waals surface area contributed by atoms with Crippen LogP contribution in [0, 0.1) is 12.8 Å². The highest BCUT2D eigenvalue weighted by molar-refractivity contribution is 7.91. The summed E-state index contributed by atoms with van der Waals surface area (Å²) in [4.78, 5) is 0. The lowest BCUT2D eigenvalue weighted by molar-refractivity contribution is 0.482. The predicted octanol–water partition coefficient (Wildman–Crippen LogP) is 1.97. The average molecular weight is 297 g/mol. The van der Waals surface area contributed by atoms with Gasteiger partial charge in [-0.3, -0.25) is 0 Å². The van der Waals surface area contributed by atoms with E-state index in [0.29, 0.717) is 4.34 Å². The first-order valence-corrected chi connectivity index (χ1v) is 7.93. The molecule has 0 bridgehead atoms. The summed E-state index contributed by atoms with van der Waals surface area (Å²) in [6.45, 7) is 5.91. The molecule has 1 aromatic rings. The SMILES string of the molecule is Cc1cc(S(=O)(=O)NCC(N)C(C)C)sc1Cl. The van der Waals surface area contributed by atoms with Crippen molar-refractivity contribution >= 4 is 33.0 Å². The van der Waals surface area contributed by atoms with Gasteiger partial charge in [0.05, 0.1) is 4.34 Å². The third kappa shape index (κ3) is 3.93. The van der Waals surface area contributed by atoms with Crippen molar-refractivity contribution in [2.45, 2.75) is 31.0 Å². The molecule has 0 aliphatic rings. The minimum Gasteiger partial charge on any atom is -0.326 e. The maximum atomic E-state index is 11.9. The maximum Gasteiger partial charge on any atom is 0.250 e. The number of nitrogens with one attached hydrogen (secondary N) is 1. The Labute approximate surface area is 111 Å². The Balaban J connectivity index is 2.76. The van der Waals surface area contributed by atoms with Crippen LogP contribution in [0.2, 0.25) is 4.34 Å². The summed E-state index contributed by atoms with van der Waals surface area (Å²) in [5.74, 6) is 0.228. The molecule has 1 rings (SSSR count). The number of nitrogens with two attached hydrogens (primary N) is 1. The maximum absolute atomic E-state index is 11.9. The molecule has 0 saturated carbocycles. The van der Waals surface area contributed by atoms with Gasteiger partial charge in [-0.25, -0.2) is 13.1 Å². The topological polar surface area (TPSA) is 72.2 Å². The van der Waals surface area contributed by atoms with E-state index in [1.54, 1.807) is 13.0 Å². The Hall–Kier alpha value is -0.140. The number of thiophene rings is 1. The minimum atomic E-state index is -3.49. The normalized spacial score (nSPS) is 14.2. The second-order valence-corrected chi connectivity index (χ2v) is 7.93. The Morgan fingerprint density at radius 2 is 2.12 bits per heavy atom. The fourth-order valence-corrected chi connectivity index (χ4v) is 3.90. The molecule has 1 atom stereocenters. The second-order valence-electron chi connectivity index (χ2n) is 4.28. The van der Waals surface area contributed by atoms with Gasteiger partial charge in [-0.05, 0) is 24.5 Å². The van der Waals surface area contributed by atoms with E-state index in [0.717, 1.165) is 16.9 Å². The largest absolute Gasteiger partial charge is 0.326 e. The van der Waals surface area contributed by atoms with E-state index in [1.807, 2.05) is 13.8 Å². The molecule has 1 heterocycles. The van der Waals surface area contributed by atoms with E-state index in [-0.39, 0.29) is 22.7 Å². The fourth-order valence-electron chi connectivity index (χ4n) is 1.08. The summed E-state index contributed by atoms with van der Waals surface area (Å²) in [7, 11) is -3.49. The van der Waals surface area contributed by atoms with E-state index in [9.17, 15) is 8.42 Å². The van der Waals surface area contributed by atoms with Crippen LogP contribution in [0.15, 0.2) is 10.3 Å². The van der Waals surface area contributed by atoms with Gasteiger partial charge in [0.25, 0.3) is 0 Å². The smallest absolute Gasteiger partial charge is 0.250 e. The molecule has 0 aromatic carbocycles. The molecule has 1 aromatic heterocycles. The van der Waals surface area contributed by atoms with Crippen LogP contribution in [-0.2, 0) is 10.0 Å². The number of hydrogen-bond acceptors (Lipinski definition) is 4. The lowest BCUT2D eigenvalue weighted by Gasteiger charge is -2.15. The lowest BCUT2D eigenvalue weighted by atomic mass is 10.1. The highest BCUT2D eigenvalue weighted by atomic mass is 35.5. The van der Waals surface area contributed by atoms with Crippen LogP contribution in [0.4, 0.5) is 0 Å². The molecular weight excluding hydrogens is 280 g/mol. The third-order valence-electron chi connectivity index (χ3n) is 2.46. The molecule has 0 radical (unpaired) electrons. The molecule has 3 N–H and O–H groups in total. The zero-order valence-electron chi connectivity index (χ0n) is 10.0. The van der Waals surface area contributed by atoms with Gasteiger partial charge in [0.2, 0.25) is 10.0 Å². The average Bonchev–Trinajstić information content (AvgIpc) is 2.56. The number of sulfonamides is 1. The second kappa shape index (κ2) is 5.67. The molecule has 7 heteroatoms. The van der Waals surface area contributed by atoms with Gasteiger partial charge < -0.3 is 5.73 Å². The van der Waals surface area contributed by atoms with Crippen LogP contribution in [0.5, 0.6) is 0 Å². The molecule has 17 heavy (non-hydrogen) atoms. The molecule has 0 amide bonds. The van der Waals surface area contributed by atoms with Crippen LogP contribution >= 0.6 is 22.9 Å². The van der Waals surface area contributed by atoms with Crippen LogP contribution < -0.4 is 10.5 Å². The quantitative estimate of drug-likeness (QED) is 0.872. The summed E-state index contributed by atoms with van der Waals surface area (Å²) in [5.41, 5.74) is 6.56. The first kappa shape index (κ1) is 14.9. The zero-order valence-corrected chi connectivity index (χ0v) is 12.4. The molecular formula is C10H17ClN2O2S2. The van der Waals surface area contributed by atoms with Gasteiger partial charge in [0, 0.05) is 12.6 Å². The van der Waals surface area contributed by atoms with Gasteiger partial charge in [0.15, 0.2) is 0 Å². The lowest BCUT2D eigenvalue weighted by Crippen LogP contribution is -2.40. The van der Waals surface area contributed by atoms with Crippen molar-refractivity contribution in [1.82, 2.24) is 4.72 Å². The van der Waals surface area contributed by atoms with E-state index >= 15 is 0 Å². The summed E-state index contributed by atoms with van der Waals surface area (Å²) in [6, 6.07) is 1.37. The van der Waals surface area contributed by atoms with Crippen molar-refractivity contribution in [1.29, 1.82) is 0 Å².